The molecule has 0 unspecified atom stereocenters. The first-order valence-electron chi connectivity index (χ1n) is 4.75. The third-order valence-corrected chi connectivity index (χ3v) is 2.17. The van der Waals surface area contributed by atoms with Gasteiger partial charge in [-0.15, -0.1) is 0 Å². The van der Waals surface area contributed by atoms with Crippen molar-refractivity contribution in [3.05, 3.63) is 47.0 Å². The van der Waals surface area contributed by atoms with Gasteiger partial charge < -0.3 is 4.98 Å². The van der Waals surface area contributed by atoms with Crippen molar-refractivity contribution in [3.8, 4) is 0 Å². The van der Waals surface area contributed by atoms with Gasteiger partial charge in [-0.2, -0.15) is 0 Å². The van der Waals surface area contributed by atoms with Crippen LogP contribution in [0.25, 0.3) is 0 Å². The number of aromatic nitrogens is 2. The number of H-pyrrole nitrogens is 1. The van der Waals surface area contributed by atoms with Crippen LogP contribution >= 0.6 is 0 Å². The van der Waals surface area contributed by atoms with Crippen LogP contribution in [0, 0.1) is 29.1 Å². The summed E-state index contributed by atoms with van der Waals surface area (Å²) in [5.74, 6) is -12.8. The highest BCUT2D eigenvalue weighted by atomic mass is 19.2. The van der Waals surface area contributed by atoms with Crippen molar-refractivity contribution in [3.63, 3.8) is 0 Å². The van der Waals surface area contributed by atoms with Gasteiger partial charge in [-0.25, -0.2) is 26.9 Å². The van der Waals surface area contributed by atoms with E-state index in [4.69, 9.17) is 0 Å². The number of hydrogen-bond acceptors (Lipinski definition) is 2. The van der Waals surface area contributed by atoms with Crippen molar-refractivity contribution in [2.75, 3.05) is 5.32 Å². The van der Waals surface area contributed by atoms with Gasteiger partial charge in [-0.3, -0.25) is 10.1 Å². The number of imidazole rings is 1. The maximum absolute atomic E-state index is 13.3. The van der Waals surface area contributed by atoms with Gasteiger partial charge in [0.1, 0.15) is 5.56 Å². The second-order valence-electron chi connectivity index (χ2n) is 3.34. The molecular weight excluding hydrogens is 273 g/mol. The largest absolute Gasteiger partial charge is 0.331 e. The monoisotopic (exact) mass is 277 g/mol. The Hall–Kier alpha value is -2.45. The van der Waals surface area contributed by atoms with E-state index in [0.29, 0.717) is 0 Å². The topological polar surface area (TPSA) is 57.8 Å². The number of halogens is 5. The van der Waals surface area contributed by atoms with Crippen LogP contribution in [-0.2, 0) is 0 Å². The van der Waals surface area contributed by atoms with Crippen molar-refractivity contribution in [1.82, 2.24) is 9.97 Å². The molecule has 1 heterocycles. The Labute approximate surface area is 102 Å². The predicted molar refractivity (Wildman–Crippen MR) is 52.8 cm³/mol. The number of amides is 1. The second-order valence-corrected chi connectivity index (χ2v) is 3.34. The fourth-order valence-electron chi connectivity index (χ4n) is 1.31. The Balaban J connectivity index is 2.48. The summed E-state index contributed by atoms with van der Waals surface area (Å²) in [5.41, 5.74) is -1.58. The van der Waals surface area contributed by atoms with Crippen LogP contribution in [0.2, 0.25) is 0 Å². The molecule has 1 aromatic heterocycles. The summed E-state index contributed by atoms with van der Waals surface area (Å²) in [6.07, 6.45) is 2.50. The van der Waals surface area contributed by atoms with Crippen LogP contribution in [-0.4, -0.2) is 15.9 Å². The number of hydrogen-bond donors (Lipinski definition) is 2. The van der Waals surface area contributed by atoms with E-state index in [-0.39, 0.29) is 5.95 Å². The molecule has 0 aliphatic carbocycles. The van der Waals surface area contributed by atoms with Crippen molar-refractivity contribution in [1.29, 1.82) is 0 Å². The minimum atomic E-state index is -2.33. The van der Waals surface area contributed by atoms with Crippen LogP contribution in [0.3, 0.4) is 0 Å². The number of nitrogens with zero attached hydrogens (tertiary/aromatic N) is 1. The van der Waals surface area contributed by atoms with Gasteiger partial charge in [0.05, 0.1) is 0 Å². The molecule has 0 spiro atoms. The van der Waals surface area contributed by atoms with Gasteiger partial charge in [0, 0.05) is 12.4 Å². The Bertz CT molecular complexity index is 612. The first kappa shape index (κ1) is 13.0. The van der Waals surface area contributed by atoms with E-state index in [1.165, 1.54) is 12.4 Å². The zero-order chi connectivity index (χ0) is 14.2. The van der Waals surface area contributed by atoms with Gasteiger partial charge in [0.2, 0.25) is 11.8 Å². The lowest BCUT2D eigenvalue weighted by Gasteiger charge is -2.07. The van der Waals surface area contributed by atoms with Crippen LogP contribution in [0.1, 0.15) is 10.4 Å². The first-order valence-corrected chi connectivity index (χ1v) is 4.75. The van der Waals surface area contributed by atoms with E-state index >= 15 is 0 Å². The lowest BCUT2D eigenvalue weighted by atomic mass is 10.1. The minimum Gasteiger partial charge on any atom is -0.331 e. The molecule has 2 aromatic rings. The highest BCUT2D eigenvalue weighted by molar-refractivity contribution is 6.03. The standard InChI is InChI=1S/C10H4F5N3O/c11-4-3(5(12)7(14)8(15)6(4)13)9(19)18-10-16-1-2-17-10/h1-2H,(H2,16,17,18,19). The first-order chi connectivity index (χ1) is 8.93. The van der Waals surface area contributed by atoms with Crippen molar-refractivity contribution in [2.45, 2.75) is 0 Å². The van der Waals surface area contributed by atoms with Crippen LogP contribution in [0.5, 0.6) is 0 Å². The molecule has 2 N–H and O–H groups in total. The maximum Gasteiger partial charge on any atom is 0.264 e. The molecule has 2 rings (SSSR count). The average molecular weight is 277 g/mol. The minimum absolute atomic E-state index is 0.200. The number of nitrogens with one attached hydrogen (secondary N) is 2. The number of anilines is 1. The van der Waals surface area contributed by atoms with Gasteiger partial charge in [0.15, 0.2) is 23.3 Å². The third kappa shape index (κ3) is 2.14. The third-order valence-electron chi connectivity index (χ3n) is 2.17. The molecule has 4 nitrogen and oxygen atoms in total. The average Bonchev–Trinajstić information content (AvgIpc) is 2.87. The summed E-state index contributed by atoms with van der Waals surface area (Å²) in [6.45, 7) is 0. The summed E-state index contributed by atoms with van der Waals surface area (Å²) in [6, 6.07) is 0. The number of carbonyl (C=O) groups is 1. The molecule has 0 saturated carbocycles. The highest BCUT2D eigenvalue weighted by Crippen LogP contribution is 2.23. The van der Waals surface area contributed by atoms with E-state index in [0.717, 1.165) is 0 Å². The second kappa shape index (κ2) is 4.67. The molecule has 0 aliphatic rings. The summed E-state index contributed by atoms with van der Waals surface area (Å²) in [4.78, 5) is 17.3. The molecule has 1 aromatic carbocycles. The lowest BCUT2D eigenvalue weighted by molar-refractivity contribution is 0.101. The smallest absolute Gasteiger partial charge is 0.264 e. The Morgan fingerprint density at radius 3 is 2.00 bits per heavy atom. The summed E-state index contributed by atoms with van der Waals surface area (Å²) < 4.78 is 65.1. The van der Waals surface area contributed by atoms with E-state index in [1.807, 2.05) is 5.32 Å². The zero-order valence-corrected chi connectivity index (χ0v) is 8.90. The van der Waals surface area contributed by atoms with Crippen molar-refractivity contribution >= 4 is 11.9 Å². The van der Waals surface area contributed by atoms with Crippen LogP contribution in [0.15, 0.2) is 12.4 Å². The number of rotatable bonds is 2. The molecule has 19 heavy (non-hydrogen) atoms. The normalized spacial score (nSPS) is 10.6. The molecule has 100 valence electrons. The molecule has 1 amide bonds. The molecule has 9 heteroatoms. The maximum atomic E-state index is 13.3. The van der Waals surface area contributed by atoms with Crippen LogP contribution in [0.4, 0.5) is 27.9 Å². The van der Waals surface area contributed by atoms with E-state index < -0.39 is 40.6 Å². The van der Waals surface area contributed by atoms with Crippen LogP contribution < -0.4 is 5.32 Å². The van der Waals surface area contributed by atoms with Gasteiger partial charge in [-0.1, -0.05) is 0 Å². The Morgan fingerprint density at radius 1 is 1.00 bits per heavy atom. The number of benzene rings is 1. The van der Waals surface area contributed by atoms with E-state index in [2.05, 4.69) is 9.97 Å². The Kier molecular flexibility index (Phi) is 3.19. The highest BCUT2D eigenvalue weighted by Gasteiger charge is 2.29. The summed E-state index contributed by atoms with van der Waals surface area (Å²) in [7, 11) is 0. The zero-order valence-electron chi connectivity index (χ0n) is 8.90. The quantitative estimate of drug-likeness (QED) is 0.503. The van der Waals surface area contributed by atoms with Crippen molar-refractivity contribution in [2.24, 2.45) is 0 Å². The molecule has 0 bridgehead atoms. The fraction of sp³-hybridized carbons (Fsp3) is 0. The SMILES string of the molecule is O=C(Nc1ncc[nH]1)c1c(F)c(F)c(F)c(F)c1F. The van der Waals surface area contributed by atoms with Gasteiger partial charge >= 0.3 is 0 Å². The lowest BCUT2D eigenvalue weighted by Crippen LogP contribution is -2.19. The van der Waals surface area contributed by atoms with Crippen molar-refractivity contribution < 1.29 is 26.7 Å². The Morgan fingerprint density at radius 2 is 1.53 bits per heavy atom. The molecule has 0 saturated heterocycles. The molecular formula is C10H4F5N3O. The van der Waals surface area contributed by atoms with E-state index in [9.17, 15) is 26.7 Å². The molecule has 0 radical (unpaired) electrons. The predicted octanol–water partition coefficient (Wildman–Crippen LogP) is 2.36. The van der Waals surface area contributed by atoms with Gasteiger partial charge in [0.25, 0.3) is 5.91 Å². The molecule has 0 fully saturated rings. The summed E-state index contributed by atoms with van der Waals surface area (Å²) in [5, 5.41) is 1.85. The number of aromatic amines is 1. The molecule has 0 aliphatic heterocycles. The van der Waals surface area contributed by atoms with E-state index in [1.54, 1.807) is 0 Å². The fourth-order valence-corrected chi connectivity index (χ4v) is 1.31. The molecule has 0 atom stereocenters. The van der Waals surface area contributed by atoms with Gasteiger partial charge in [-0.05, 0) is 0 Å². The number of carbonyl (C=O) groups excluding carboxylic acids is 1. The summed E-state index contributed by atoms with van der Waals surface area (Å²) >= 11 is 0.